The number of aryl methyl sites for hydroxylation is 1. The van der Waals surface area contributed by atoms with Gasteiger partial charge in [0.15, 0.2) is 0 Å². The molecule has 4 heterocycles. The molecule has 10 nitrogen and oxygen atoms in total. The fourth-order valence-corrected chi connectivity index (χ4v) is 8.21. The molecule has 0 N–H and O–H groups in total. The first kappa shape index (κ1) is 36.8. The number of piperazine rings is 2. The van der Waals surface area contributed by atoms with Gasteiger partial charge in [0, 0.05) is 122 Å². The second-order valence-electron chi connectivity index (χ2n) is 14.9. The number of hydrogen-bond acceptors (Lipinski definition) is 8. The molecule has 6 aromatic rings. The average Bonchev–Trinajstić information content (AvgIpc) is 3.75. The summed E-state index contributed by atoms with van der Waals surface area (Å²) in [5.41, 5.74) is 10.2. The Bertz CT molecular complexity index is 2240. The number of aromatic nitrogens is 3. The number of para-hydroxylation sites is 1. The number of rotatable bonds is 12. The van der Waals surface area contributed by atoms with Crippen molar-refractivity contribution < 1.29 is 14.3 Å². The van der Waals surface area contributed by atoms with Crippen molar-refractivity contribution in [2.75, 3.05) is 96.1 Å². The van der Waals surface area contributed by atoms with Gasteiger partial charge in [0.25, 0.3) is 0 Å². The Kier molecular flexibility index (Phi) is 10.9. The zero-order valence-electron chi connectivity index (χ0n) is 32.7. The van der Waals surface area contributed by atoms with E-state index in [4.69, 9.17) is 14.5 Å². The monoisotopic (exact) mass is 739 g/mol. The topological polar surface area (TPSA) is 71.2 Å². The van der Waals surface area contributed by atoms with E-state index in [1.807, 2.05) is 0 Å². The Hall–Kier alpha value is -5.16. The molecule has 2 fully saturated rings. The second kappa shape index (κ2) is 16.3. The van der Waals surface area contributed by atoms with Gasteiger partial charge in [0.1, 0.15) is 12.4 Å². The summed E-state index contributed by atoms with van der Waals surface area (Å²) < 4.78 is 16.0. The smallest absolute Gasteiger partial charge is 0.302 e. The van der Waals surface area contributed by atoms with E-state index in [0.717, 1.165) is 92.8 Å². The summed E-state index contributed by atoms with van der Waals surface area (Å²) in [5.74, 6) is 0.598. The largest absolute Gasteiger partial charge is 0.463 e. The van der Waals surface area contributed by atoms with E-state index in [-0.39, 0.29) is 12.6 Å². The molecule has 286 valence electrons. The molecule has 4 aromatic carbocycles. The van der Waals surface area contributed by atoms with Crippen molar-refractivity contribution >= 4 is 39.1 Å². The van der Waals surface area contributed by atoms with Gasteiger partial charge in [-0.3, -0.25) is 4.79 Å². The Morgan fingerprint density at radius 3 is 1.84 bits per heavy atom. The summed E-state index contributed by atoms with van der Waals surface area (Å²) in [6, 6.07) is 33.5. The third kappa shape index (κ3) is 7.72. The number of nitrogens with zero attached hydrogens (tertiary/aromatic N) is 7. The highest BCUT2D eigenvalue weighted by Crippen LogP contribution is 2.39. The predicted octanol–water partition coefficient (Wildman–Crippen LogP) is 7.10. The van der Waals surface area contributed by atoms with Gasteiger partial charge >= 0.3 is 5.97 Å². The molecule has 0 amide bonds. The number of fused-ring (bicyclic) bond motifs is 3. The van der Waals surface area contributed by atoms with Crippen LogP contribution in [0.3, 0.4) is 0 Å². The zero-order valence-corrected chi connectivity index (χ0v) is 32.7. The average molecular weight is 740 g/mol. The number of esters is 1. The molecule has 0 bridgehead atoms. The van der Waals surface area contributed by atoms with Crippen molar-refractivity contribution in [3.63, 3.8) is 0 Å². The van der Waals surface area contributed by atoms with Crippen LogP contribution in [0.4, 0.5) is 11.4 Å². The van der Waals surface area contributed by atoms with Crippen LogP contribution >= 0.6 is 0 Å². The highest BCUT2D eigenvalue weighted by molar-refractivity contribution is 6.09. The lowest BCUT2D eigenvalue weighted by molar-refractivity contribution is -0.142. The minimum atomic E-state index is -0.300. The Morgan fingerprint density at radius 2 is 1.22 bits per heavy atom. The van der Waals surface area contributed by atoms with Gasteiger partial charge < -0.3 is 38.2 Å². The number of benzene rings is 4. The van der Waals surface area contributed by atoms with Crippen LogP contribution in [0.2, 0.25) is 0 Å². The third-order valence-electron chi connectivity index (χ3n) is 11.3. The van der Waals surface area contributed by atoms with Gasteiger partial charge in [-0.25, -0.2) is 4.98 Å². The van der Waals surface area contributed by atoms with Gasteiger partial charge in [-0.2, -0.15) is 0 Å². The molecule has 0 unspecified atom stereocenters. The van der Waals surface area contributed by atoms with Crippen LogP contribution in [-0.4, -0.2) is 116 Å². The van der Waals surface area contributed by atoms with Gasteiger partial charge in [-0.1, -0.05) is 42.5 Å². The van der Waals surface area contributed by atoms with Crippen molar-refractivity contribution in [1.82, 2.24) is 23.9 Å². The van der Waals surface area contributed by atoms with E-state index in [1.54, 1.807) is 0 Å². The van der Waals surface area contributed by atoms with Crippen LogP contribution in [0.15, 0.2) is 91.0 Å². The van der Waals surface area contributed by atoms with E-state index in [1.165, 1.54) is 40.1 Å². The summed E-state index contributed by atoms with van der Waals surface area (Å²) in [5, 5.41) is 2.46. The summed E-state index contributed by atoms with van der Waals surface area (Å²) in [6.07, 6.45) is 0. The van der Waals surface area contributed by atoms with Crippen LogP contribution in [0, 0.1) is 0 Å². The molecule has 2 saturated heterocycles. The number of hydrogen-bond donors (Lipinski definition) is 0. The van der Waals surface area contributed by atoms with Crippen molar-refractivity contribution in [2.24, 2.45) is 0 Å². The van der Waals surface area contributed by atoms with E-state index < -0.39 is 0 Å². The maximum Gasteiger partial charge on any atom is 0.302 e. The molecule has 0 atom stereocenters. The lowest BCUT2D eigenvalue weighted by atomic mass is 10.0. The summed E-state index contributed by atoms with van der Waals surface area (Å²) in [6.45, 7) is 14.4. The fraction of sp³-hybridized carbons (Fsp3) is 0.378. The molecule has 0 saturated carbocycles. The lowest BCUT2D eigenvalue weighted by Gasteiger charge is -2.34. The molecule has 2 aromatic heterocycles. The van der Waals surface area contributed by atoms with Gasteiger partial charge in [-0.15, -0.1) is 0 Å². The zero-order chi connectivity index (χ0) is 37.9. The first-order chi connectivity index (χ1) is 26.9. The highest BCUT2D eigenvalue weighted by atomic mass is 16.6. The normalized spacial score (nSPS) is 15.7. The minimum absolute atomic E-state index is 0.232. The maximum atomic E-state index is 11.4. The van der Waals surface area contributed by atoms with Crippen LogP contribution in [0.25, 0.3) is 55.7 Å². The molecule has 8 rings (SSSR count). The number of likely N-dealkylation sites (N-methyl/N-ethyl adjacent to an activating group) is 2. The number of carbonyl (C=O) groups is 1. The van der Waals surface area contributed by atoms with Crippen LogP contribution in [-0.2, 0) is 27.4 Å². The first-order valence-corrected chi connectivity index (χ1v) is 19.8. The Morgan fingerprint density at radius 1 is 0.636 bits per heavy atom. The van der Waals surface area contributed by atoms with Gasteiger partial charge in [0.2, 0.25) is 0 Å². The minimum Gasteiger partial charge on any atom is -0.463 e. The number of anilines is 2. The number of ether oxygens (including phenoxy) is 2. The molecule has 2 aliphatic rings. The van der Waals surface area contributed by atoms with E-state index in [0.29, 0.717) is 19.8 Å². The van der Waals surface area contributed by atoms with Crippen LogP contribution in [0.1, 0.15) is 13.8 Å². The quantitative estimate of drug-likeness (QED) is 0.0974. The highest BCUT2D eigenvalue weighted by Gasteiger charge is 2.24. The maximum absolute atomic E-state index is 11.4. The first-order valence-electron chi connectivity index (χ1n) is 19.8. The SMILES string of the molecule is CCn1c2ccccc2c2cc(-c3nc(-c4ccc(N5CCN(C)CC5)cc4)c(-c4ccc(N5CCN(C)CC5)cc4)n3CCOCCOC(C)=O)ccc21. The van der Waals surface area contributed by atoms with Crippen molar-refractivity contribution in [3.05, 3.63) is 91.0 Å². The molecular formula is C45H53N7O3. The fourth-order valence-electron chi connectivity index (χ4n) is 8.21. The number of carbonyl (C=O) groups excluding carboxylic acids is 1. The number of imidazole rings is 1. The standard InChI is InChI=1S/C45H53N7O3/c1-5-51-41-9-7-6-8-39(41)40-32-36(14-19-42(40)51)45-46-43(34-10-15-37(16-11-34)49-24-20-47(3)21-25-49)44(52(45)28-29-54-30-31-55-33(2)53)35-12-17-38(18-13-35)50-26-22-48(4)23-27-50/h6-19,32H,5,20-31H2,1-4H3. The second-order valence-corrected chi connectivity index (χ2v) is 14.9. The van der Waals surface area contributed by atoms with Crippen LogP contribution in [0.5, 0.6) is 0 Å². The van der Waals surface area contributed by atoms with E-state index in [2.05, 4.69) is 141 Å². The Balaban J connectivity index is 1.24. The molecule has 2 aliphatic heterocycles. The molecule has 0 radical (unpaired) electrons. The molecule has 0 aliphatic carbocycles. The van der Waals surface area contributed by atoms with E-state index >= 15 is 0 Å². The molecule has 55 heavy (non-hydrogen) atoms. The van der Waals surface area contributed by atoms with Gasteiger partial charge in [-0.05, 0) is 69.6 Å². The molecule has 10 heteroatoms. The van der Waals surface area contributed by atoms with E-state index in [9.17, 15) is 4.79 Å². The summed E-state index contributed by atoms with van der Waals surface area (Å²) in [4.78, 5) is 26.7. The molecule has 0 spiro atoms. The predicted molar refractivity (Wildman–Crippen MR) is 224 cm³/mol. The summed E-state index contributed by atoms with van der Waals surface area (Å²) >= 11 is 0. The molecular weight excluding hydrogens is 687 g/mol. The Labute approximate surface area is 324 Å². The van der Waals surface area contributed by atoms with Crippen LogP contribution < -0.4 is 9.80 Å². The third-order valence-corrected chi connectivity index (χ3v) is 11.3. The summed E-state index contributed by atoms with van der Waals surface area (Å²) in [7, 11) is 4.39. The van der Waals surface area contributed by atoms with Gasteiger partial charge in [0.05, 0.1) is 24.6 Å². The van der Waals surface area contributed by atoms with Crippen molar-refractivity contribution in [3.8, 4) is 33.9 Å². The van der Waals surface area contributed by atoms with Crippen molar-refractivity contribution in [2.45, 2.75) is 26.9 Å². The van der Waals surface area contributed by atoms with Crippen molar-refractivity contribution in [1.29, 1.82) is 0 Å². The lowest BCUT2D eigenvalue weighted by Crippen LogP contribution is -2.44.